The van der Waals surface area contributed by atoms with E-state index in [9.17, 15) is 9.59 Å². The lowest BCUT2D eigenvalue weighted by molar-refractivity contribution is -0.123. The summed E-state index contributed by atoms with van der Waals surface area (Å²) >= 11 is 1.46. The van der Waals surface area contributed by atoms with Gasteiger partial charge in [0.05, 0.1) is 0 Å². The molecule has 1 atom stereocenters. The van der Waals surface area contributed by atoms with Crippen molar-refractivity contribution in [2.45, 2.75) is 39.2 Å². The molecule has 0 radical (unpaired) electrons. The number of rotatable bonds is 4. The van der Waals surface area contributed by atoms with Gasteiger partial charge in [-0.2, -0.15) is 0 Å². The molecule has 1 aliphatic rings. The Morgan fingerprint density at radius 3 is 2.91 bits per heavy atom. The normalized spacial score (nSPS) is 14.5. The maximum absolute atomic E-state index is 12.1. The van der Waals surface area contributed by atoms with Crippen LogP contribution in [0.25, 0.3) is 0 Å². The first-order valence-electron chi connectivity index (χ1n) is 7.09. The van der Waals surface area contributed by atoms with Crippen LogP contribution in [0, 0.1) is 6.92 Å². The average Bonchev–Trinajstić information content (AvgIpc) is 3.14. The van der Waals surface area contributed by atoms with Crippen LogP contribution in [-0.2, 0) is 22.4 Å². The van der Waals surface area contributed by atoms with Gasteiger partial charge in [0.15, 0.2) is 11.9 Å². The fourth-order valence-corrected chi connectivity index (χ4v) is 3.49. The molecule has 1 aliphatic carbocycles. The molecule has 116 valence electrons. The first kappa shape index (κ1) is 14.8. The van der Waals surface area contributed by atoms with Gasteiger partial charge in [-0.25, -0.2) is 4.79 Å². The quantitative estimate of drug-likeness (QED) is 0.876. The van der Waals surface area contributed by atoms with Gasteiger partial charge < -0.3 is 14.6 Å². The van der Waals surface area contributed by atoms with Crippen molar-refractivity contribution in [2.75, 3.05) is 5.32 Å². The van der Waals surface area contributed by atoms with Gasteiger partial charge in [0.1, 0.15) is 10.6 Å². The van der Waals surface area contributed by atoms with Crippen LogP contribution < -0.4 is 5.32 Å². The molecule has 2 aromatic rings. The fraction of sp³-hybridized carbons (Fsp3) is 0.400. The molecule has 0 unspecified atom stereocenters. The number of nitrogens with zero attached hydrogens (tertiary/aromatic N) is 1. The Morgan fingerprint density at radius 1 is 1.41 bits per heavy atom. The standard InChI is InChI=1S/C15H16N2O4S/c1-8-6-13(17-21-8)16-14(18)9(2)20-15(19)12-7-10-4-3-5-11(10)22-12/h6-7,9H,3-5H2,1-2H3,(H,16,17,18)/t9-/m1/s1. The first-order chi connectivity index (χ1) is 10.5. The molecule has 1 N–H and O–H groups in total. The second-order valence-electron chi connectivity index (χ2n) is 5.27. The van der Waals surface area contributed by atoms with Gasteiger partial charge >= 0.3 is 5.97 Å². The number of aryl methyl sites for hydroxylation is 3. The minimum absolute atomic E-state index is 0.306. The summed E-state index contributed by atoms with van der Waals surface area (Å²) in [5.74, 6) is -0.00215. The van der Waals surface area contributed by atoms with Crippen molar-refractivity contribution in [1.29, 1.82) is 0 Å². The van der Waals surface area contributed by atoms with Crippen molar-refractivity contribution in [1.82, 2.24) is 5.16 Å². The summed E-state index contributed by atoms with van der Waals surface area (Å²) in [6.45, 7) is 3.25. The minimum atomic E-state index is -0.901. The van der Waals surface area contributed by atoms with Crippen molar-refractivity contribution in [3.63, 3.8) is 0 Å². The van der Waals surface area contributed by atoms with Crippen LogP contribution in [0.1, 0.15) is 39.2 Å². The number of ether oxygens (including phenoxy) is 1. The summed E-state index contributed by atoms with van der Waals surface area (Å²) in [7, 11) is 0. The number of amides is 1. The van der Waals surface area contributed by atoms with Crippen molar-refractivity contribution >= 4 is 29.0 Å². The van der Waals surface area contributed by atoms with Gasteiger partial charge in [0, 0.05) is 10.9 Å². The van der Waals surface area contributed by atoms with Crippen molar-refractivity contribution < 1.29 is 18.8 Å². The number of carbonyl (C=O) groups is 2. The highest BCUT2D eigenvalue weighted by molar-refractivity contribution is 7.14. The second kappa shape index (κ2) is 5.92. The van der Waals surface area contributed by atoms with Gasteiger partial charge in [0.25, 0.3) is 5.91 Å². The van der Waals surface area contributed by atoms with E-state index < -0.39 is 18.0 Å². The predicted molar refractivity (Wildman–Crippen MR) is 81.1 cm³/mol. The Balaban J connectivity index is 1.59. The molecular weight excluding hydrogens is 304 g/mol. The summed E-state index contributed by atoms with van der Waals surface area (Å²) in [6, 6.07) is 3.47. The lowest BCUT2D eigenvalue weighted by atomic mass is 10.2. The smallest absolute Gasteiger partial charge is 0.349 e. The molecule has 0 fully saturated rings. The van der Waals surface area contributed by atoms with Crippen molar-refractivity contribution in [3.8, 4) is 0 Å². The molecule has 7 heteroatoms. The maximum Gasteiger partial charge on any atom is 0.349 e. The molecule has 2 aromatic heterocycles. The van der Waals surface area contributed by atoms with E-state index in [-0.39, 0.29) is 0 Å². The largest absolute Gasteiger partial charge is 0.448 e. The van der Waals surface area contributed by atoms with E-state index in [2.05, 4.69) is 10.5 Å². The molecule has 0 saturated carbocycles. The fourth-order valence-electron chi connectivity index (χ4n) is 2.35. The van der Waals surface area contributed by atoms with Crippen LogP contribution in [0.15, 0.2) is 16.7 Å². The number of nitrogens with one attached hydrogen (secondary N) is 1. The topological polar surface area (TPSA) is 81.4 Å². The van der Waals surface area contributed by atoms with E-state index in [1.54, 1.807) is 13.0 Å². The molecular formula is C15H16N2O4S. The van der Waals surface area contributed by atoms with Gasteiger partial charge in [0.2, 0.25) is 0 Å². The number of hydrogen-bond acceptors (Lipinski definition) is 6. The summed E-state index contributed by atoms with van der Waals surface area (Å²) in [5, 5.41) is 6.20. The molecule has 0 bridgehead atoms. The Kier molecular flexibility index (Phi) is 3.98. The van der Waals surface area contributed by atoms with E-state index in [1.165, 1.54) is 28.7 Å². The van der Waals surface area contributed by atoms with E-state index in [1.807, 2.05) is 6.07 Å². The third-order valence-corrected chi connectivity index (χ3v) is 4.70. The van der Waals surface area contributed by atoms with Gasteiger partial charge in [-0.1, -0.05) is 5.16 Å². The number of anilines is 1. The number of hydrogen-bond donors (Lipinski definition) is 1. The second-order valence-corrected chi connectivity index (χ2v) is 6.41. The monoisotopic (exact) mass is 320 g/mol. The summed E-state index contributed by atoms with van der Waals surface area (Å²) < 4.78 is 10.1. The highest BCUT2D eigenvalue weighted by Crippen LogP contribution is 2.31. The molecule has 3 rings (SSSR count). The Hall–Kier alpha value is -2.15. The van der Waals surface area contributed by atoms with E-state index in [0.29, 0.717) is 16.5 Å². The first-order valence-corrected chi connectivity index (χ1v) is 7.91. The lowest BCUT2D eigenvalue weighted by Gasteiger charge is -2.11. The Morgan fingerprint density at radius 2 is 2.23 bits per heavy atom. The summed E-state index contributed by atoms with van der Waals surface area (Å²) in [5.41, 5.74) is 1.23. The molecule has 1 amide bonds. The molecule has 0 spiro atoms. The van der Waals surface area contributed by atoms with Crippen LogP contribution in [0.4, 0.5) is 5.82 Å². The summed E-state index contributed by atoms with van der Waals surface area (Å²) in [4.78, 5) is 25.9. The molecule has 0 saturated heterocycles. The number of carbonyl (C=O) groups excluding carboxylic acids is 2. The average molecular weight is 320 g/mol. The molecule has 0 aliphatic heterocycles. The predicted octanol–water partition coefficient (Wildman–Crippen LogP) is 2.72. The number of aromatic nitrogens is 1. The van der Waals surface area contributed by atoms with Gasteiger partial charge in [-0.05, 0) is 44.7 Å². The zero-order chi connectivity index (χ0) is 15.7. The van der Waals surface area contributed by atoms with Crippen LogP contribution in [0.2, 0.25) is 0 Å². The van der Waals surface area contributed by atoms with Crippen molar-refractivity contribution in [2.24, 2.45) is 0 Å². The third kappa shape index (κ3) is 3.04. The number of esters is 1. The maximum atomic E-state index is 12.1. The third-order valence-electron chi connectivity index (χ3n) is 3.48. The zero-order valence-electron chi connectivity index (χ0n) is 12.3. The highest BCUT2D eigenvalue weighted by atomic mass is 32.1. The van der Waals surface area contributed by atoms with Crippen LogP contribution >= 0.6 is 11.3 Å². The minimum Gasteiger partial charge on any atom is -0.448 e. The van der Waals surface area contributed by atoms with E-state index in [4.69, 9.17) is 9.26 Å². The Bertz CT molecular complexity index is 697. The van der Waals surface area contributed by atoms with Crippen molar-refractivity contribution in [3.05, 3.63) is 33.2 Å². The van der Waals surface area contributed by atoms with Crippen LogP contribution in [0.5, 0.6) is 0 Å². The Labute approximate surface area is 131 Å². The SMILES string of the molecule is Cc1cc(NC(=O)[C@@H](C)OC(=O)c2cc3c(s2)CCC3)no1. The van der Waals surface area contributed by atoms with Gasteiger partial charge in [-0.3, -0.25) is 4.79 Å². The molecule has 0 aromatic carbocycles. The number of thiophene rings is 1. The highest BCUT2D eigenvalue weighted by Gasteiger charge is 2.23. The lowest BCUT2D eigenvalue weighted by Crippen LogP contribution is -2.29. The molecule has 2 heterocycles. The number of fused-ring (bicyclic) bond motifs is 1. The van der Waals surface area contributed by atoms with E-state index >= 15 is 0 Å². The van der Waals surface area contributed by atoms with Crippen LogP contribution in [0.3, 0.4) is 0 Å². The van der Waals surface area contributed by atoms with Gasteiger partial charge in [-0.15, -0.1) is 11.3 Å². The summed E-state index contributed by atoms with van der Waals surface area (Å²) in [6.07, 6.45) is 2.28. The van der Waals surface area contributed by atoms with Crippen LogP contribution in [-0.4, -0.2) is 23.1 Å². The molecule has 22 heavy (non-hydrogen) atoms. The molecule has 6 nitrogen and oxygen atoms in total. The zero-order valence-corrected chi connectivity index (χ0v) is 13.2. The van der Waals surface area contributed by atoms with E-state index in [0.717, 1.165) is 19.3 Å².